The highest BCUT2D eigenvalue weighted by Crippen LogP contribution is 2.33. The van der Waals surface area contributed by atoms with Crippen molar-refractivity contribution in [2.75, 3.05) is 23.7 Å². The van der Waals surface area contributed by atoms with Crippen LogP contribution in [0.1, 0.15) is 38.8 Å². The molecular weight excluding hydrogens is 710 g/mol. The number of carbonyl (C=O) groups is 2. The number of benzene rings is 4. The lowest BCUT2D eigenvalue weighted by atomic mass is 10.0. The summed E-state index contributed by atoms with van der Waals surface area (Å²) in [5, 5.41) is 3.05. The number of nitrogens with one attached hydrogen (secondary N) is 1. The smallest absolute Gasteiger partial charge is 0.264 e. The van der Waals surface area contributed by atoms with Gasteiger partial charge in [0.15, 0.2) is 0 Å². The van der Waals surface area contributed by atoms with E-state index in [2.05, 4.69) is 21.2 Å². The summed E-state index contributed by atoms with van der Waals surface area (Å²) in [6, 6.07) is 29.3. The molecule has 4 rings (SSSR count). The average Bonchev–Trinajstić information content (AvgIpc) is 3.05. The number of anilines is 1. The topological polar surface area (TPSA) is 96.0 Å². The van der Waals surface area contributed by atoms with Crippen LogP contribution in [-0.4, -0.2) is 56.1 Å². The van der Waals surface area contributed by atoms with Crippen molar-refractivity contribution in [3.8, 4) is 5.75 Å². The number of carbonyl (C=O) groups excluding carboxylic acids is 2. The fourth-order valence-corrected chi connectivity index (χ4v) is 7.45. The molecule has 0 unspecified atom stereocenters. The van der Waals surface area contributed by atoms with E-state index in [0.29, 0.717) is 12.4 Å². The number of nitrogens with zero attached hydrogens (tertiary/aromatic N) is 2. The maximum absolute atomic E-state index is 14.7. The van der Waals surface area contributed by atoms with Gasteiger partial charge in [-0.2, -0.15) is 0 Å². The minimum absolute atomic E-state index is 0.0317. The molecule has 0 bridgehead atoms. The Balaban J connectivity index is 1.86. The highest BCUT2D eigenvalue weighted by molar-refractivity contribution is 9.10. The predicted molar refractivity (Wildman–Crippen MR) is 197 cm³/mol. The van der Waals surface area contributed by atoms with Crippen LogP contribution in [0, 0.1) is 0 Å². The number of amides is 2. The molecule has 0 aliphatic rings. The summed E-state index contributed by atoms with van der Waals surface area (Å²) in [7, 11) is -4.27. The van der Waals surface area contributed by atoms with Gasteiger partial charge in [-0.05, 0) is 93.6 Å². The van der Waals surface area contributed by atoms with Gasteiger partial charge in [-0.15, -0.1) is 11.8 Å². The van der Waals surface area contributed by atoms with Gasteiger partial charge in [0.1, 0.15) is 18.3 Å². The first-order chi connectivity index (χ1) is 22.8. The Hall–Kier alpha value is -3.80. The van der Waals surface area contributed by atoms with E-state index in [0.717, 1.165) is 24.8 Å². The number of sulfonamides is 1. The van der Waals surface area contributed by atoms with Crippen LogP contribution in [0.25, 0.3) is 0 Å². The van der Waals surface area contributed by atoms with Crippen LogP contribution in [0.15, 0.2) is 117 Å². The van der Waals surface area contributed by atoms with Gasteiger partial charge in [-0.3, -0.25) is 13.9 Å². The van der Waals surface area contributed by atoms with Crippen molar-refractivity contribution in [2.45, 2.75) is 62.0 Å². The summed E-state index contributed by atoms with van der Waals surface area (Å²) >= 11 is 5.02. The van der Waals surface area contributed by atoms with Gasteiger partial charge in [0.25, 0.3) is 10.0 Å². The summed E-state index contributed by atoms with van der Waals surface area (Å²) in [4.78, 5) is 31.2. The van der Waals surface area contributed by atoms with Crippen molar-refractivity contribution in [1.82, 2.24) is 10.2 Å². The molecule has 0 saturated carbocycles. The maximum Gasteiger partial charge on any atom is 0.264 e. The molecule has 0 aromatic heterocycles. The first kappa shape index (κ1) is 37.0. The molecule has 0 saturated heterocycles. The van der Waals surface area contributed by atoms with E-state index in [9.17, 15) is 18.0 Å². The van der Waals surface area contributed by atoms with E-state index in [1.165, 1.54) is 28.8 Å². The molecule has 0 radical (unpaired) electrons. The minimum Gasteiger partial charge on any atom is -0.492 e. The molecule has 11 heteroatoms. The van der Waals surface area contributed by atoms with E-state index in [-0.39, 0.29) is 29.5 Å². The Bertz CT molecular complexity index is 1800. The fraction of sp³-hybridized carbons (Fsp3) is 0.297. The van der Waals surface area contributed by atoms with Crippen LogP contribution >= 0.6 is 27.7 Å². The molecule has 4 aromatic rings. The molecule has 0 aliphatic carbocycles. The highest BCUT2D eigenvalue weighted by atomic mass is 79.9. The number of ether oxygens (including phenoxy) is 1. The Morgan fingerprint density at radius 2 is 1.54 bits per heavy atom. The van der Waals surface area contributed by atoms with Gasteiger partial charge in [0.2, 0.25) is 11.8 Å². The van der Waals surface area contributed by atoms with Crippen molar-refractivity contribution >= 4 is 55.2 Å². The molecule has 0 spiro atoms. The zero-order valence-electron chi connectivity index (χ0n) is 27.9. The van der Waals surface area contributed by atoms with Crippen LogP contribution < -0.4 is 14.4 Å². The Morgan fingerprint density at radius 1 is 0.896 bits per heavy atom. The second-order valence-electron chi connectivity index (χ2n) is 12.2. The Labute approximate surface area is 297 Å². The third-order valence-corrected chi connectivity index (χ3v) is 10.4. The molecule has 0 fully saturated rings. The van der Waals surface area contributed by atoms with Gasteiger partial charge in [0.05, 0.1) is 17.2 Å². The summed E-state index contributed by atoms with van der Waals surface area (Å²) in [5.74, 6) is -0.566. The quantitative estimate of drug-likeness (QED) is 0.136. The normalized spacial score (nSPS) is 12.2. The third-order valence-electron chi connectivity index (χ3n) is 7.37. The van der Waals surface area contributed by atoms with Crippen LogP contribution in [0.5, 0.6) is 5.75 Å². The zero-order valence-corrected chi connectivity index (χ0v) is 31.1. The molecule has 0 aliphatic heterocycles. The lowest BCUT2D eigenvalue weighted by Gasteiger charge is -2.35. The average molecular weight is 753 g/mol. The lowest BCUT2D eigenvalue weighted by Crippen LogP contribution is -2.56. The summed E-state index contributed by atoms with van der Waals surface area (Å²) in [6.07, 6.45) is 2.13. The van der Waals surface area contributed by atoms with E-state index in [1.54, 1.807) is 36.4 Å². The second-order valence-corrected chi connectivity index (χ2v) is 15.8. The molecular formula is C37H42BrN3O5S2. The minimum atomic E-state index is -4.27. The molecule has 1 atom stereocenters. The summed E-state index contributed by atoms with van der Waals surface area (Å²) < 4.78 is 36.6. The monoisotopic (exact) mass is 751 g/mol. The molecule has 48 heavy (non-hydrogen) atoms. The molecule has 1 N–H and O–H groups in total. The summed E-state index contributed by atoms with van der Waals surface area (Å²) in [6.45, 7) is 7.24. The number of rotatable bonds is 14. The Kier molecular flexibility index (Phi) is 12.8. The van der Waals surface area contributed by atoms with Crippen LogP contribution in [0.3, 0.4) is 0 Å². The lowest BCUT2D eigenvalue weighted by molar-refractivity contribution is -0.140. The van der Waals surface area contributed by atoms with Crippen molar-refractivity contribution < 1.29 is 22.7 Å². The van der Waals surface area contributed by atoms with Crippen molar-refractivity contribution in [3.63, 3.8) is 0 Å². The second kappa shape index (κ2) is 16.5. The van der Waals surface area contributed by atoms with Gasteiger partial charge in [-0.25, -0.2) is 8.42 Å². The SMILES string of the molecule is CCOc1ccccc1N(CC(=O)N(Cc1cccc(Br)c1)[C@H](Cc1ccccc1)C(=O)NC(C)(C)C)S(=O)(=O)c1ccc(SC)cc1. The first-order valence-electron chi connectivity index (χ1n) is 15.6. The van der Waals surface area contributed by atoms with Gasteiger partial charge in [0, 0.05) is 27.9 Å². The number of hydrogen-bond acceptors (Lipinski definition) is 6. The van der Waals surface area contributed by atoms with Gasteiger partial charge < -0.3 is 15.0 Å². The molecule has 0 heterocycles. The maximum atomic E-state index is 14.7. The van der Waals surface area contributed by atoms with E-state index >= 15 is 0 Å². The van der Waals surface area contributed by atoms with Crippen molar-refractivity contribution in [3.05, 3.63) is 119 Å². The van der Waals surface area contributed by atoms with Crippen LogP contribution in [0.4, 0.5) is 5.69 Å². The highest BCUT2D eigenvalue weighted by Gasteiger charge is 2.36. The van der Waals surface area contributed by atoms with E-state index in [4.69, 9.17) is 4.74 Å². The third kappa shape index (κ3) is 9.87. The van der Waals surface area contributed by atoms with E-state index < -0.39 is 34.1 Å². The fourth-order valence-electron chi connectivity index (χ4n) is 5.17. The first-order valence-corrected chi connectivity index (χ1v) is 19.1. The molecule has 8 nitrogen and oxygen atoms in total. The number of para-hydroxylation sites is 2. The molecule has 254 valence electrons. The molecule has 4 aromatic carbocycles. The number of thioether (sulfide) groups is 1. The largest absolute Gasteiger partial charge is 0.492 e. The molecule has 2 amide bonds. The van der Waals surface area contributed by atoms with Crippen molar-refractivity contribution in [1.29, 1.82) is 0 Å². The number of hydrogen-bond donors (Lipinski definition) is 1. The Morgan fingerprint density at radius 3 is 2.17 bits per heavy atom. The standard InChI is InChI=1S/C37H42BrN3O5S2/c1-6-46-34-18-11-10-17-32(34)41(48(44,45)31-21-19-30(47-5)20-22-31)26-35(42)40(25-28-15-12-16-29(38)23-28)33(36(43)39-37(2,3)4)24-27-13-8-7-9-14-27/h7-23,33H,6,24-26H2,1-5H3,(H,39,43)/t33-/m1/s1. The summed E-state index contributed by atoms with van der Waals surface area (Å²) in [5.41, 5.74) is 1.28. The van der Waals surface area contributed by atoms with E-state index in [1.807, 2.05) is 88.5 Å². The van der Waals surface area contributed by atoms with Gasteiger partial charge in [-0.1, -0.05) is 70.5 Å². The van der Waals surface area contributed by atoms with Crippen LogP contribution in [0.2, 0.25) is 0 Å². The zero-order chi connectivity index (χ0) is 34.9. The van der Waals surface area contributed by atoms with Crippen LogP contribution in [-0.2, 0) is 32.6 Å². The van der Waals surface area contributed by atoms with Gasteiger partial charge >= 0.3 is 0 Å². The van der Waals surface area contributed by atoms with Crippen molar-refractivity contribution in [2.24, 2.45) is 0 Å². The predicted octanol–water partition coefficient (Wildman–Crippen LogP) is 7.32. The number of halogens is 1.